The monoisotopic (exact) mass is 312 g/mol. The van der Waals surface area contributed by atoms with Crippen molar-refractivity contribution in [2.75, 3.05) is 6.54 Å². The Hall–Kier alpha value is -1.10. The van der Waals surface area contributed by atoms with Crippen LogP contribution >= 0.6 is 0 Å². The highest BCUT2D eigenvalue weighted by molar-refractivity contribution is 5.87. The molecule has 3 N–H and O–H groups in total. The van der Waals surface area contributed by atoms with Crippen LogP contribution in [0.15, 0.2) is 0 Å². The van der Waals surface area contributed by atoms with Crippen LogP contribution < -0.4 is 10.6 Å². The van der Waals surface area contributed by atoms with Crippen molar-refractivity contribution in [1.29, 1.82) is 0 Å². The number of hydrogen-bond acceptors (Lipinski definition) is 3. The van der Waals surface area contributed by atoms with Gasteiger partial charge < -0.3 is 15.7 Å². The number of amides is 2. The van der Waals surface area contributed by atoms with Crippen molar-refractivity contribution >= 4 is 11.8 Å². The second kappa shape index (κ2) is 9.82. The Morgan fingerprint density at radius 1 is 1.18 bits per heavy atom. The molecule has 0 radical (unpaired) electrons. The highest BCUT2D eigenvalue weighted by Crippen LogP contribution is 2.26. The smallest absolute Gasteiger partial charge is 0.242 e. The van der Waals surface area contributed by atoms with E-state index in [0.29, 0.717) is 12.3 Å². The van der Waals surface area contributed by atoms with Crippen molar-refractivity contribution in [3.63, 3.8) is 0 Å². The van der Waals surface area contributed by atoms with Gasteiger partial charge in [-0.25, -0.2) is 0 Å². The van der Waals surface area contributed by atoms with Crippen LogP contribution in [0, 0.1) is 11.8 Å². The van der Waals surface area contributed by atoms with E-state index < -0.39 is 12.1 Å². The SMILES string of the molecule is CCC(C)C(O)CNC(=O)C(C)NC(=O)CC1CCCCC1. The van der Waals surface area contributed by atoms with Crippen LogP contribution in [-0.2, 0) is 9.59 Å². The first-order chi connectivity index (χ1) is 10.4. The fraction of sp³-hybridized carbons (Fsp3) is 0.882. The minimum atomic E-state index is -0.555. The van der Waals surface area contributed by atoms with Gasteiger partial charge in [0.1, 0.15) is 6.04 Å². The van der Waals surface area contributed by atoms with Gasteiger partial charge in [-0.1, -0.05) is 39.5 Å². The quantitative estimate of drug-likeness (QED) is 0.641. The van der Waals surface area contributed by atoms with Gasteiger partial charge in [-0.2, -0.15) is 0 Å². The molecule has 0 aromatic carbocycles. The van der Waals surface area contributed by atoms with Gasteiger partial charge in [0.05, 0.1) is 6.10 Å². The molecule has 0 bridgehead atoms. The lowest BCUT2D eigenvalue weighted by atomic mass is 9.87. The molecule has 22 heavy (non-hydrogen) atoms. The molecular weight excluding hydrogens is 280 g/mol. The lowest BCUT2D eigenvalue weighted by Gasteiger charge is -2.22. The zero-order valence-electron chi connectivity index (χ0n) is 14.2. The number of carbonyl (C=O) groups excluding carboxylic acids is 2. The van der Waals surface area contributed by atoms with Crippen LogP contribution in [0.3, 0.4) is 0 Å². The number of aliphatic hydroxyl groups excluding tert-OH is 1. The fourth-order valence-electron chi connectivity index (χ4n) is 2.85. The lowest BCUT2D eigenvalue weighted by Crippen LogP contribution is -2.47. The van der Waals surface area contributed by atoms with Gasteiger partial charge >= 0.3 is 0 Å². The van der Waals surface area contributed by atoms with E-state index >= 15 is 0 Å². The molecule has 0 aliphatic heterocycles. The van der Waals surface area contributed by atoms with E-state index in [4.69, 9.17) is 0 Å². The summed E-state index contributed by atoms with van der Waals surface area (Å²) >= 11 is 0. The van der Waals surface area contributed by atoms with Crippen molar-refractivity contribution < 1.29 is 14.7 Å². The van der Waals surface area contributed by atoms with Crippen LogP contribution in [0.25, 0.3) is 0 Å². The summed E-state index contributed by atoms with van der Waals surface area (Å²) in [6.45, 7) is 5.87. The topological polar surface area (TPSA) is 78.4 Å². The number of hydrogen-bond donors (Lipinski definition) is 3. The molecule has 1 rings (SSSR count). The number of aliphatic hydroxyl groups is 1. The summed E-state index contributed by atoms with van der Waals surface area (Å²) in [6.07, 6.45) is 6.78. The van der Waals surface area contributed by atoms with Crippen molar-refractivity contribution in [2.24, 2.45) is 11.8 Å². The number of nitrogens with one attached hydrogen (secondary N) is 2. The highest BCUT2D eigenvalue weighted by Gasteiger charge is 2.21. The Labute approximate surface area is 134 Å². The molecule has 1 aliphatic carbocycles. The normalized spacial score (nSPS) is 20.0. The largest absolute Gasteiger partial charge is 0.391 e. The van der Waals surface area contributed by atoms with Gasteiger partial charge in [-0.15, -0.1) is 0 Å². The molecule has 0 heterocycles. The maximum atomic E-state index is 12.0. The van der Waals surface area contributed by atoms with E-state index in [9.17, 15) is 14.7 Å². The van der Waals surface area contributed by atoms with Gasteiger partial charge in [0.25, 0.3) is 0 Å². The van der Waals surface area contributed by atoms with Gasteiger partial charge in [-0.3, -0.25) is 9.59 Å². The summed E-state index contributed by atoms with van der Waals surface area (Å²) in [6, 6.07) is -0.555. The molecule has 5 heteroatoms. The Morgan fingerprint density at radius 3 is 2.41 bits per heavy atom. The third kappa shape index (κ3) is 6.77. The molecule has 0 saturated heterocycles. The summed E-state index contributed by atoms with van der Waals surface area (Å²) in [5, 5.41) is 15.3. The third-order valence-electron chi connectivity index (χ3n) is 4.76. The minimum absolute atomic E-state index is 0.0444. The minimum Gasteiger partial charge on any atom is -0.391 e. The average Bonchev–Trinajstić information content (AvgIpc) is 2.52. The fourth-order valence-corrected chi connectivity index (χ4v) is 2.85. The molecule has 1 fully saturated rings. The lowest BCUT2D eigenvalue weighted by molar-refractivity contribution is -0.129. The summed E-state index contributed by atoms with van der Waals surface area (Å²) in [5.41, 5.74) is 0. The van der Waals surface area contributed by atoms with Gasteiger partial charge in [0.15, 0.2) is 0 Å². The molecule has 128 valence electrons. The predicted molar refractivity (Wildman–Crippen MR) is 87.3 cm³/mol. The molecule has 0 aromatic rings. The second-order valence-electron chi connectivity index (χ2n) is 6.70. The molecule has 0 spiro atoms. The number of carbonyl (C=O) groups is 2. The maximum Gasteiger partial charge on any atom is 0.242 e. The van der Waals surface area contributed by atoms with Crippen molar-refractivity contribution in [3.05, 3.63) is 0 Å². The van der Waals surface area contributed by atoms with Gasteiger partial charge in [-0.05, 0) is 31.6 Å². The van der Waals surface area contributed by atoms with Crippen molar-refractivity contribution in [1.82, 2.24) is 10.6 Å². The van der Waals surface area contributed by atoms with E-state index in [1.165, 1.54) is 19.3 Å². The van der Waals surface area contributed by atoms with Crippen LogP contribution in [0.1, 0.15) is 65.7 Å². The van der Waals surface area contributed by atoms with E-state index in [2.05, 4.69) is 10.6 Å². The van der Waals surface area contributed by atoms with E-state index in [0.717, 1.165) is 19.3 Å². The first-order valence-corrected chi connectivity index (χ1v) is 8.69. The predicted octanol–water partition coefficient (Wildman–Crippen LogP) is 1.98. The van der Waals surface area contributed by atoms with Crippen molar-refractivity contribution in [2.45, 2.75) is 77.9 Å². The zero-order valence-corrected chi connectivity index (χ0v) is 14.2. The average molecular weight is 312 g/mol. The van der Waals surface area contributed by atoms with E-state index in [1.54, 1.807) is 6.92 Å². The standard InChI is InChI=1S/C17H32N2O3/c1-4-12(2)15(20)11-18-17(22)13(3)19-16(21)10-14-8-6-5-7-9-14/h12-15,20H,4-11H2,1-3H3,(H,18,22)(H,19,21). The highest BCUT2D eigenvalue weighted by atomic mass is 16.3. The molecule has 5 nitrogen and oxygen atoms in total. The summed E-state index contributed by atoms with van der Waals surface area (Å²) in [7, 11) is 0. The number of rotatable bonds is 8. The molecule has 1 aliphatic rings. The summed E-state index contributed by atoms with van der Waals surface area (Å²) in [5.74, 6) is 0.337. The maximum absolute atomic E-state index is 12.0. The third-order valence-corrected chi connectivity index (χ3v) is 4.76. The summed E-state index contributed by atoms with van der Waals surface area (Å²) in [4.78, 5) is 23.9. The molecule has 2 amide bonds. The second-order valence-corrected chi connectivity index (χ2v) is 6.70. The van der Waals surface area contributed by atoms with Gasteiger partial charge in [0.2, 0.25) is 11.8 Å². The molecular formula is C17H32N2O3. The van der Waals surface area contributed by atoms with Crippen LogP contribution in [0.5, 0.6) is 0 Å². The first-order valence-electron chi connectivity index (χ1n) is 8.69. The Balaban J connectivity index is 2.26. The first kappa shape index (κ1) is 18.9. The molecule has 3 atom stereocenters. The molecule has 0 aromatic heterocycles. The Kier molecular flexibility index (Phi) is 8.46. The summed E-state index contributed by atoms with van der Waals surface area (Å²) < 4.78 is 0. The zero-order chi connectivity index (χ0) is 16.5. The Bertz CT molecular complexity index is 354. The molecule has 3 unspecified atom stereocenters. The molecule has 1 saturated carbocycles. The van der Waals surface area contributed by atoms with Crippen LogP contribution in [0.4, 0.5) is 0 Å². The van der Waals surface area contributed by atoms with Gasteiger partial charge in [0, 0.05) is 13.0 Å². The Morgan fingerprint density at radius 2 is 1.82 bits per heavy atom. The van der Waals surface area contributed by atoms with E-state index in [1.807, 2.05) is 13.8 Å². The van der Waals surface area contributed by atoms with E-state index in [-0.39, 0.29) is 24.3 Å². The van der Waals surface area contributed by atoms with Crippen LogP contribution in [-0.4, -0.2) is 35.6 Å². The van der Waals surface area contributed by atoms with Crippen LogP contribution in [0.2, 0.25) is 0 Å². The van der Waals surface area contributed by atoms with Crippen molar-refractivity contribution in [3.8, 4) is 0 Å².